The average molecular weight is 174 g/mol. The molecule has 0 aliphatic carbocycles. The van der Waals surface area contributed by atoms with E-state index in [0.29, 0.717) is 5.91 Å². The third kappa shape index (κ3) is 2.76. The molecule has 1 amide bonds. The van der Waals surface area contributed by atoms with Crippen LogP contribution in [0.1, 0.15) is 19.3 Å². The van der Waals surface area contributed by atoms with E-state index in [0.717, 1.165) is 38.9 Å². The molecule has 1 aliphatic heterocycles. The Hall–Kier alpha value is -0.140. The van der Waals surface area contributed by atoms with E-state index in [1.165, 1.54) is 0 Å². The van der Waals surface area contributed by atoms with Crippen LogP contribution >= 0.6 is 9.39 Å². The van der Waals surface area contributed by atoms with Crippen LogP contribution in [0.15, 0.2) is 0 Å². The highest BCUT2D eigenvalue weighted by molar-refractivity contribution is 7.13. The number of amides is 1. The van der Waals surface area contributed by atoms with Crippen molar-refractivity contribution < 1.29 is 4.79 Å². The van der Waals surface area contributed by atoms with Gasteiger partial charge in [0.1, 0.15) is 0 Å². The van der Waals surface area contributed by atoms with Gasteiger partial charge in [-0.3, -0.25) is 4.79 Å². The lowest BCUT2D eigenvalue weighted by Gasteiger charge is -2.14. The normalized spacial score (nSPS) is 17.9. The van der Waals surface area contributed by atoms with Gasteiger partial charge in [0, 0.05) is 26.1 Å². The number of likely N-dealkylation sites (tertiary alicyclic amines) is 1. The number of rotatable bonds is 4. The van der Waals surface area contributed by atoms with Crippen molar-refractivity contribution in [1.82, 2.24) is 9.99 Å². The second-order valence-corrected chi connectivity index (χ2v) is 3.20. The van der Waals surface area contributed by atoms with E-state index in [2.05, 4.69) is 14.5 Å². The summed E-state index contributed by atoms with van der Waals surface area (Å²) < 4.78 is 0. The van der Waals surface area contributed by atoms with Crippen LogP contribution < -0.4 is 5.09 Å². The summed E-state index contributed by atoms with van der Waals surface area (Å²) in [6.45, 7) is 2.85. The number of nitrogens with one attached hydrogen (secondary N) is 1. The third-order valence-electron chi connectivity index (χ3n) is 1.92. The first-order chi connectivity index (χ1) is 5.34. The molecule has 64 valence electrons. The van der Waals surface area contributed by atoms with Gasteiger partial charge >= 0.3 is 0 Å². The molecule has 0 aromatic heterocycles. The van der Waals surface area contributed by atoms with Gasteiger partial charge in [-0.25, -0.2) is 0 Å². The van der Waals surface area contributed by atoms with Crippen LogP contribution in [-0.4, -0.2) is 30.4 Å². The van der Waals surface area contributed by atoms with Crippen LogP contribution in [0.4, 0.5) is 0 Å². The maximum Gasteiger partial charge on any atom is 0.222 e. The summed E-state index contributed by atoms with van der Waals surface area (Å²) in [6, 6.07) is 0. The van der Waals surface area contributed by atoms with Crippen molar-refractivity contribution in [3.63, 3.8) is 0 Å². The number of carbonyl (C=O) groups excluding carboxylic acids is 1. The zero-order chi connectivity index (χ0) is 8.10. The molecule has 1 fully saturated rings. The Morgan fingerprint density at radius 3 is 3.00 bits per heavy atom. The molecule has 0 saturated carbocycles. The van der Waals surface area contributed by atoms with E-state index < -0.39 is 0 Å². The van der Waals surface area contributed by atoms with Crippen molar-refractivity contribution in [2.24, 2.45) is 0 Å². The number of nitrogens with zero attached hydrogens (tertiary/aromatic N) is 1. The zero-order valence-corrected chi connectivity index (χ0v) is 7.83. The highest BCUT2D eigenvalue weighted by atomic mass is 31.0. The molecule has 1 aliphatic rings. The summed E-state index contributed by atoms with van der Waals surface area (Å²) in [4.78, 5) is 13.0. The standard InChI is InChI=1S/C7H15N2OP/c10-7-3-1-5-9(7)6-2-4-8-11/h8H,1-6,11H2. The average Bonchev–Trinajstić information content (AvgIpc) is 2.37. The second kappa shape index (κ2) is 4.68. The lowest BCUT2D eigenvalue weighted by molar-refractivity contribution is -0.127. The SMILES string of the molecule is O=C1CCCN1CCCNP. The summed E-state index contributed by atoms with van der Waals surface area (Å²) >= 11 is 0. The van der Waals surface area contributed by atoms with Crippen LogP contribution in [-0.2, 0) is 4.79 Å². The predicted molar refractivity (Wildman–Crippen MR) is 48.1 cm³/mol. The van der Waals surface area contributed by atoms with Crippen molar-refractivity contribution in [3.05, 3.63) is 0 Å². The minimum atomic E-state index is 0.328. The van der Waals surface area contributed by atoms with Crippen LogP contribution in [0.2, 0.25) is 0 Å². The lowest BCUT2D eigenvalue weighted by Crippen LogP contribution is -2.27. The van der Waals surface area contributed by atoms with E-state index in [4.69, 9.17) is 0 Å². The number of carbonyl (C=O) groups is 1. The largest absolute Gasteiger partial charge is 0.343 e. The van der Waals surface area contributed by atoms with Gasteiger partial charge in [-0.1, -0.05) is 9.39 Å². The van der Waals surface area contributed by atoms with E-state index in [1.807, 2.05) is 4.90 Å². The Labute approximate surface area is 69.8 Å². The first-order valence-corrected chi connectivity index (χ1v) is 4.63. The van der Waals surface area contributed by atoms with Crippen molar-refractivity contribution >= 4 is 15.3 Å². The van der Waals surface area contributed by atoms with Gasteiger partial charge in [0.15, 0.2) is 0 Å². The van der Waals surface area contributed by atoms with E-state index >= 15 is 0 Å². The zero-order valence-electron chi connectivity index (χ0n) is 6.68. The second-order valence-electron chi connectivity index (χ2n) is 2.79. The third-order valence-corrected chi connectivity index (χ3v) is 2.21. The maximum absolute atomic E-state index is 11.1. The van der Waals surface area contributed by atoms with Gasteiger partial charge in [0.05, 0.1) is 0 Å². The maximum atomic E-state index is 11.1. The molecule has 1 rings (SSSR count). The monoisotopic (exact) mass is 174 g/mol. The molecule has 1 atom stereocenters. The molecule has 0 aromatic carbocycles. The molecular weight excluding hydrogens is 159 g/mol. The van der Waals surface area contributed by atoms with Gasteiger partial charge in [0.25, 0.3) is 0 Å². The number of hydrogen-bond acceptors (Lipinski definition) is 2. The fourth-order valence-electron chi connectivity index (χ4n) is 1.31. The summed E-state index contributed by atoms with van der Waals surface area (Å²) in [5.41, 5.74) is 0. The Balaban J connectivity index is 2.10. The van der Waals surface area contributed by atoms with Gasteiger partial charge in [-0.2, -0.15) is 0 Å². The minimum absolute atomic E-state index is 0.328. The minimum Gasteiger partial charge on any atom is -0.343 e. The van der Waals surface area contributed by atoms with Crippen molar-refractivity contribution in [2.45, 2.75) is 19.3 Å². The highest BCUT2D eigenvalue weighted by Crippen LogP contribution is 2.09. The molecule has 1 unspecified atom stereocenters. The van der Waals surface area contributed by atoms with Crippen LogP contribution in [0.3, 0.4) is 0 Å². The summed E-state index contributed by atoms with van der Waals surface area (Å²) in [6.07, 6.45) is 2.86. The van der Waals surface area contributed by atoms with E-state index in [-0.39, 0.29) is 0 Å². The first-order valence-electron chi connectivity index (χ1n) is 4.06. The van der Waals surface area contributed by atoms with Gasteiger partial charge in [0.2, 0.25) is 5.91 Å². The molecule has 0 aromatic rings. The molecular formula is C7H15N2OP. The van der Waals surface area contributed by atoms with Crippen LogP contribution in [0.5, 0.6) is 0 Å². The Morgan fingerprint density at radius 2 is 2.45 bits per heavy atom. The fourth-order valence-corrected chi connectivity index (χ4v) is 1.52. The summed E-state index contributed by atoms with van der Waals surface area (Å²) in [7, 11) is 2.46. The first kappa shape index (κ1) is 8.95. The molecule has 3 nitrogen and oxygen atoms in total. The molecule has 1 N–H and O–H groups in total. The van der Waals surface area contributed by atoms with Crippen LogP contribution in [0, 0.1) is 0 Å². The van der Waals surface area contributed by atoms with Crippen molar-refractivity contribution in [1.29, 1.82) is 0 Å². The smallest absolute Gasteiger partial charge is 0.222 e. The Morgan fingerprint density at radius 1 is 1.64 bits per heavy atom. The fraction of sp³-hybridized carbons (Fsp3) is 0.857. The van der Waals surface area contributed by atoms with Crippen molar-refractivity contribution in [2.75, 3.05) is 19.6 Å². The quantitative estimate of drug-likeness (QED) is 0.493. The molecule has 0 bridgehead atoms. The topological polar surface area (TPSA) is 32.3 Å². The molecule has 0 radical (unpaired) electrons. The van der Waals surface area contributed by atoms with Gasteiger partial charge in [-0.05, 0) is 12.8 Å². The van der Waals surface area contributed by atoms with Crippen molar-refractivity contribution in [3.8, 4) is 0 Å². The lowest BCUT2D eigenvalue weighted by atomic mass is 10.4. The Kier molecular flexibility index (Phi) is 3.81. The summed E-state index contributed by atoms with van der Waals surface area (Å²) in [5.74, 6) is 0.328. The van der Waals surface area contributed by atoms with E-state index in [9.17, 15) is 4.79 Å². The molecule has 11 heavy (non-hydrogen) atoms. The van der Waals surface area contributed by atoms with Crippen LogP contribution in [0.25, 0.3) is 0 Å². The molecule has 1 heterocycles. The molecule has 0 spiro atoms. The molecule has 4 heteroatoms. The predicted octanol–water partition coefficient (Wildman–Crippen LogP) is 0.379. The van der Waals surface area contributed by atoms with Gasteiger partial charge < -0.3 is 9.99 Å². The van der Waals surface area contributed by atoms with Gasteiger partial charge in [-0.15, -0.1) is 0 Å². The summed E-state index contributed by atoms with van der Waals surface area (Å²) in [5, 5.41) is 2.99. The highest BCUT2D eigenvalue weighted by Gasteiger charge is 2.18. The van der Waals surface area contributed by atoms with E-state index in [1.54, 1.807) is 0 Å². The number of hydrogen-bond donors (Lipinski definition) is 1. The Bertz CT molecular complexity index is 140. The molecule has 1 saturated heterocycles.